The maximum atomic E-state index is 13.2. The maximum Gasteiger partial charge on any atom is 0.341 e. The van der Waals surface area contributed by atoms with E-state index in [1.807, 2.05) is 52.5 Å². The third-order valence-corrected chi connectivity index (χ3v) is 8.31. The Morgan fingerprint density at radius 3 is 2.45 bits per heavy atom. The van der Waals surface area contributed by atoms with Crippen LogP contribution in [-0.4, -0.2) is 45.3 Å². The molecule has 0 spiro atoms. The average molecular weight is 554 g/mol. The second kappa shape index (κ2) is 10.3. The zero-order valence-corrected chi connectivity index (χ0v) is 20.6. The fraction of sp³-hybridized carbons (Fsp3) is 0.478. The Balaban J connectivity index is 1.56. The van der Waals surface area contributed by atoms with Crippen LogP contribution >= 0.6 is 34.2 Å². The van der Waals surface area contributed by atoms with Crippen molar-refractivity contribution in [3.8, 4) is 0 Å². The van der Waals surface area contributed by atoms with Gasteiger partial charge in [-0.3, -0.25) is 4.79 Å². The molecule has 2 aromatic rings. The molecule has 1 aliphatic heterocycles. The molecule has 0 atom stereocenters. The summed E-state index contributed by atoms with van der Waals surface area (Å²) in [5.74, 6) is -0.147. The molecular formula is C23H27IN2O4S. The van der Waals surface area contributed by atoms with Crippen molar-refractivity contribution < 1.29 is 19.1 Å². The molecule has 0 N–H and O–H groups in total. The molecule has 166 valence electrons. The number of morpholine rings is 1. The monoisotopic (exact) mass is 554 g/mol. The van der Waals surface area contributed by atoms with E-state index in [0.717, 1.165) is 50.4 Å². The second-order valence-corrected chi connectivity index (χ2v) is 9.75. The standard InChI is InChI=1S/C23H27IN2O4S/c1-29-23(28)20-19(16-5-3-2-4-6-16)15-31-22(20)26(24)21(27)17-7-9-18(10-8-17)25-11-13-30-14-12-25/h7-10,15-16H,2-6,11-14H2,1H3. The van der Waals surface area contributed by atoms with Gasteiger partial charge in [0.1, 0.15) is 5.00 Å². The highest BCUT2D eigenvalue weighted by Gasteiger charge is 2.30. The molecule has 1 aliphatic carbocycles. The van der Waals surface area contributed by atoms with Crippen molar-refractivity contribution in [2.45, 2.75) is 38.0 Å². The van der Waals surface area contributed by atoms with E-state index in [0.29, 0.717) is 22.0 Å². The minimum absolute atomic E-state index is 0.142. The van der Waals surface area contributed by atoms with Crippen molar-refractivity contribution >= 4 is 56.8 Å². The van der Waals surface area contributed by atoms with E-state index >= 15 is 0 Å². The van der Waals surface area contributed by atoms with Gasteiger partial charge in [-0.05, 0) is 54.0 Å². The van der Waals surface area contributed by atoms with Gasteiger partial charge in [0.25, 0.3) is 5.91 Å². The lowest BCUT2D eigenvalue weighted by atomic mass is 9.83. The summed E-state index contributed by atoms with van der Waals surface area (Å²) >= 11 is 3.45. The second-order valence-electron chi connectivity index (χ2n) is 7.93. The summed E-state index contributed by atoms with van der Waals surface area (Å²) in [5.41, 5.74) is 3.26. The van der Waals surface area contributed by atoms with Crippen LogP contribution in [0.3, 0.4) is 0 Å². The zero-order chi connectivity index (χ0) is 21.8. The van der Waals surface area contributed by atoms with Gasteiger partial charge in [-0.25, -0.2) is 7.91 Å². The van der Waals surface area contributed by atoms with Gasteiger partial charge < -0.3 is 14.4 Å². The molecule has 1 saturated carbocycles. The molecule has 31 heavy (non-hydrogen) atoms. The van der Waals surface area contributed by atoms with Crippen LogP contribution in [0.4, 0.5) is 10.7 Å². The van der Waals surface area contributed by atoms with Crippen molar-refractivity contribution in [1.82, 2.24) is 0 Å². The van der Waals surface area contributed by atoms with Crippen molar-refractivity contribution in [3.63, 3.8) is 0 Å². The number of carbonyl (C=O) groups excluding carboxylic acids is 2. The number of esters is 1. The van der Waals surface area contributed by atoms with Gasteiger partial charge in [-0.15, -0.1) is 11.3 Å². The van der Waals surface area contributed by atoms with Gasteiger partial charge in [0.05, 0.1) is 48.8 Å². The highest BCUT2D eigenvalue weighted by Crippen LogP contribution is 2.43. The summed E-state index contributed by atoms with van der Waals surface area (Å²) in [4.78, 5) is 28.1. The lowest BCUT2D eigenvalue weighted by molar-refractivity contribution is 0.0600. The summed E-state index contributed by atoms with van der Waals surface area (Å²) in [6, 6.07) is 7.66. The Morgan fingerprint density at radius 1 is 1.13 bits per heavy atom. The number of anilines is 2. The SMILES string of the molecule is COC(=O)c1c(C2CCCCC2)csc1N(I)C(=O)c1ccc(N2CCOCC2)cc1. The molecule has 1 aromatic carbocycles. The normalized spacial score (nSPS) is 17.4. The number of hydrogen-bond acceptors (Lipinski definition) is 6. The average Bonchev–Trinajstić information content (AvgIpc) is 3.29. The molecule has 2 fully saturated rings. The first-order valence-electron chi connectivity index (χ1n) is 10.7. The number of rotatable bonds is 5. The van der Waals surface area contributed by atoms with Crippen molar-refractivity contribution in [3.05, 3.63) is 46.3 Å². The molecule has 1 aromatic heterocycles. The summed E-state index contributed by atoms with van der Waals surface area (Å²) in [6.07, 6.45) is 5.77. The largest absolute Gasteiger partial charge is 0.465 e. The van der Waals surface area contributed by atoms with Crippen LogP contribution in [0.5, 0.6) is 0 Å². The lowest BCUT2D eigenvalue weighted by Gasteiger charge is -2.29. The Hall–Kier alpha value is -1.65. The minimum Gasteiger partial charge on any atom is -0.465 e. The number of hydrogen-bond donors (Lipinski definition) is 0. The number of benzene rings is 1. The van der Waals surface area contributed by atoms with Gasteiger partial charge in [0.15, 0.2) is 0 Å². The van der Waals surface area contributed by atoms with Gasteiger partial charge in [0, 0.05) is 24.3 Å². The summed E-state index contributed by atoms with van der Waals surface area (Å²) in [5, 5.41) is 2.69. The van der Waals surface area contributed by atoms with Crippen LogP contribution in [0.1, 0.15) is 64.3 Å². The molecular weight excluding hydrogens is 527 g/mol. The molecule has 6 nitrogen and oxygen atoms in total. The quantitative estimate of drug-likeness (QED) is 0.281. The highest BCUT2D eigenvalue weighted by atomic mass is 127. The van der Waals surface area contributed by atoms with Gasteiger partial charge in [-0.1, -0.05) is 19.3 Å². The maximum absolute atomic E-state index is 13.2. The molecule has 0 radical (unpaired) electrons. The van der Waals surface area contributed by atoms with Crippen LogP contribution in [-0.2, 0) is 9.47 Å². The van der Waals surface area contributed by atoms with E-state index in [1.165, 1.54) is 37.7 Å². The number of methoxy groups -OCH3 is 1. The number of thiophene rings is 1. The number of amides is 1. The topological polar surface area (TPSA) is 59.1 Å². The van der Waals surface area contributed by atoms with Crippen LogP contribution in [0.2, 0.25) is 0 Å². The molecule has 1 amide bonds. The predicted octanol–water partition coefficient (Wildman–Crippen LogP) is 5.42. The van der Waals surface area contributed by atoms with Crippen molar-refractivity contribution in [2.24, 2.45) is 0 Å². The molecule has 2 aliphatic rings. The Kier molecular flexibility index (Phi) is 7.50. The molecule has 4 rings (SSSR count). The summed E-state index contributed by atoms with van der Waals surface area (Å²) in [6.45, 7) is 3.15. The third-order valence-electron chi connectivity index (χ3n) is 6.08. The van der Waals surface area contributed by atoms with Crippen LogP contribution in [0, 0.1) is 0 Å². The summed E-state index contributed by atoms with van der Waals surface area (Å²) in [7, 11) is 1.40. The smallest absolute Gasteiger partial charge is 0.341 e. The fourth-order valence-electron chi connectivity index (χ4n) is 4.37. The van der Waals surface area contributed by atoms with Gasteiger partial charge in [-0.2, -0.15) is 0 Å². The van der Waals surface area contributed by atoms with Crippen molar-refractivity contribution in [1.29, 1.82) is 0 Å². The first-order chi connectivity index (χ1) is 15.1. The van der Waals surface area contributed by atoms with E-state index in [1.54, 1.807) is 3.11 Å². The molecule has 8 heteroatoms. The van der Waals surface area contributed by atoms with E-state index < -0.39 is 0 Å². The lowest BCUT2D eigenvalue weighted by Crippen LogP contribution is -2.36. The van der Waals surface area contributed by atoms with E-state index in [4.69, 9.17) is 9.47 Å². The summed E-state index contributed by atoms with van der Waals surface area (Å²) < 4.78 is 12.1. The molecule has 0 unspecified atom stereocenters. The number of halogens is 1. The molecule has 1 saturated heterocycles. The number of ether oxygens (including phenoxy) is 2. The first kappa shape index (κ1) is 22.5. The van der Waals surface area contributed by atoms with Crippen LogP contribution in [0.25, 0.3) is 0 Å². The van der Waals surface area contributed by atoms with Crippen LogP contribution < -0.4 is 8.01 Å². The number of carbonyl (C=O) groups is 2. The van der Waals surface area contributed by atoms with E-state index in [9.17, 15) is 9.59 Å². The van der Waals surface area contributed by atoms with Gasteiger partial charge >= 0.3 is 5.97 Å². The van der Waals surface area contributed by atoms with E-state index in [-0.39, 0.29) is 11.9 Å². The fourth-order valence-corrected chi connectivity index (χ4v) is 6.27. The highest BCUT2D eigenvalue weighted by molar-refractivity contribution is 14.1. The van der Waals surface area contributed by atoms with Crippen molar-refractivity contribution in [2.75, 3.05) is 41.4 Å². The van der Waals surface area contributed by atoms with Gasteiger partial charge in [0.2, 0.25) is 0 Å². The Bertz CT molecular complexity index is 918. The number of nitrogens with zero attached hydrogens (tertiary/aromatic N) is 2. The Morgan fingerprint density at radius 2 is 1.81 bits per heavy atom. The predicted molar refractivity (Wildman–Crippen MR) is 132 cm³/mol. The van der Waals surface area contributed by atoms with Crippen LogP contribution in [0.15, 0.2) is 29.6 Å². The minimum atomic E-state index is -0.367. The Labute approximate surface area is 201 Å². The third kappa shape index (κ3) is 4.90. The molecule has 2 heterocycles. The first-order valence-corrected chi connectivity index (χ1v) is 12.6. The molecule has 0 bridgehead atoms. The van der Waals surface area contributed by atoms with E-state index in [2.05, 4.69) is 4.90 Å². The zero-order valence-electron chi connectivity index (χ0n) is 17.6.